The average Bonchev–Trinajstić information content (AvgIpc) is 2.26. The summed E-state index contributed by atoms with van der Waals surface area (Å²) in [5.41, 5.74) is 4.02. The van der Waals surface area contributed by atoms with Gasteiger partial charge in [0.1, 0.15) is 5.54 Å². The summed E-state index contributed by atoms with van der Waals surface area (Å²) >= 11 is 0. The SMILES string of the molecule is CCN1CCC(NCC(F)(F)F)(C(N)=O)CC1. The van der Waals surface area contributed by atoms with E-state index in [9.17, 15) is 18.0 Å². The second-order valence-corrected chi connectivity index (χ2v) is 4.35. The number of alkyl halides is 3. The highest BCUT2D eigenvalue weighted by atomic mass is 19.4. The zero-order valence-electron chi connectivity index (χ0n) is 9.81. The van der Waals surface area contributed by atoms with E-state index in [1.165, 1.54) is 0 Å². The number of amides is 1. The fourth-order valence-electron chi connectivity index (χ4n) is 2.03. The van der Waals surface area contributed by atoms with Gasteiger partial charge in [-0.1, -0.05) is 6.92 Å². The first-order valence-corrected chi connectivity index (χ1v) is 5.63. The zero-order valence-corrected chi connectivity index (χ0v) is 9.81. The van der Waals surface area contributed by atoms with E-state index < -0.39 is 24.2 Å². The second-order valence-electron chi connectivity index (χ2n) is 4.35. The van der Waals surface area contributed by atoms with Crippen molar-refractivity contribution in [2.45, 2.75) is 31.5 Å². The van der Waals surface area contributed by atoms with Crippen LogP contribution in [0.4, 0.5) is 13.2 Å². The maximum Gasteiger partial charge on any atom is 0.401 e. The predicted molar refractivity (Wildman–Crippen MR) is 57.3 cm³/mol. The molecule has 4 nitrogen and oxygen atoms in total. The molecule has 3 N–H and O–H groups in total. The number of halogens is 3. The van der Waals surface area contributed by atoms with Crippen LogP contribution in [0.1, 0.15) is 19.8 Å². The third-order valence-electron chi connectivity index (χ3n) is 3.26. The van der Waals surface area contributed by atoms with Crippen molar-refractivity contribution in [2.24, 2.45) is 5.73 Å². The maximum atomic E-state index is 12.2. The van der Waals surface area contributed by atoms with Crippen molar-refractivity contribution in [1.29, 1.82) is 0 Å². The number of primary amides is 1. The summed E-state index contributed by atoms with van der Waals surface area (Å²) in [5, 5.41) is 2.29. The molecule has 1 aliphatic rings. The van der Waals surface area contributed by atoms with Crippen LogP contribution in [0.15, 0.2) is 0 Å². The van der Waals surface area contributed by atoms with Crippen LogP contribution in [0.5, 0.6) is 0 Å². The molecule has 0 aromatic carbocycles. The molecule has 1 heterocycles. The van der Waals surface area contributed by atoms with E-state index in [4.69, 9.17) is 5.73 Å². The van der Waals surface area contributed by atoms with Crippen LogP contribution in [0.25, 0.3) is 0 Å². The molecule has 1 fully saturated rings. The fourth-order valence-corrected chi connectivity index (χ4v) is 2.03. The van der Waals surface area contributed by atoms with E-state index in [0.717, 1.165) is 6.54 Å². The summed E-state index contributed by atoms with van der Waals surface area (Å²) in [4.78, 5) is 13.4. The molecule has 17 heavy (non-hydrogen) atoms. The Morgan fingerprint density at radius 1 is 1.41 bits per heavy atom. The third-order valence-corrected chi connectivity index (χ3v) is 3.26. The van der Waals surface area contributed by atoms with Gasteiger partial charge in [0.15, 0.2) is 0 Å². The van der Waals surface area contributed by atoms with E-state index in [2.05, 4.69) is 10.2 Å². The number of carbonyl (C=O) groups excluding carboxylic acids is 1. The minimum absolute atomic E-state index is 0.326. The normalized spacial score (nSPS) is 21.4. The molecule has 0 radical (unpaired) electrons. The quantitative estimate of drug-likeness (QED) is 0.766. The lowest BCUT2D eigenvalue weighted by Crippen LogP contribution is -2.62. The number of carbonyl (C=O) groups is 1. The van der Waals surface area contributed by atoms with Crippen molar-refractivity contribution >= 4 is 5.91 Å². The second kappa shape index (κ2) is 5.22. The Kier molecular flexibility index (Phi) is 4.37. The molecular formula is C10H18F3N3O. The largest absolute Gasteiger partial charge is 0.401 e. The smallest absolute Gasteiger partial charge is 0.368 e. The zero-order chi connectivity index (χ0) is 13.1. The monoisotopic (exact) mass is 253 g/mol. The maximum absolute atomic E-state index is 12.2. The molecule has 1 rings (SSSR count). The Morgan fingerprint density at radius 2 is 1.94 bits per heavy atom. The van der Waals surface area contributed by atoms with Crippen LogP contribution < -0.4 is 11.1 Å². The first kappa shape index (κ1) is 14.2. The average molecular weight is 253 g/mol. The topological polar surface area (TPSA) is 58.4 Å². The van der Waals surface area contributed by atoms with Gasteiger partial charge in [0.25, 0.3) is 0 Å². The van der Waals surface area contributed by atoms with Crippen molar-refractivity contribution in [3.05, 3.63) is 0 Å². The van der Waals surface area contributed by atoms with Gasteiger partial charge in [-0.15, -0.1) is 0 Å². The van der Waals surface area contributed by atoms with Gasteiger partial charge in [0.2, 0.25) is 5.91 Å². The van der Waals surface area contributed by atoms with Gasteiger partial charge in [-0.05, 0) is 19.4 Å². The highest BCUT2D eigenvalue weighted by molar-refractivity contribution is 5.84. The molecule has 1 saturated heterocycles. The minimum atomic E-state index is -4.33. The molecule has 0 aromatic heterocycles. The summed E-state index contributed by atoms with van der Waals surface area (Å²) in [5.74, 6) is -0.697. The van der Waals surface area contributed by atoms with Gasteiger partial charge in [-0.2, -0.15) is 13.2 Å². The number of hydrogen-bond acceptors (Lipinski definition) is 3. The summed E-state index contributed by atoms with van der Waals surface area (Å²) in [6.07, 6.45) is -3.68. The van der Waals surface area contributed by atoms with Gasteiger partial charge >= 0.3 is 6.18 Å². The van der Waals surface area contributed by atoms with E-state index in [1.54, 1.807) is 0 Å². The third kappa shape index (κ3) is 3.85. The number of nitrogens with two attached hydrogens (primary N) is 1. The van der Waals surface area contributed by atoms with Gasteiger partial charge in [0, 0.05) is 13.1 Å². The number of rotatable bonds is 4. The van der Waals surface area contributed by atoms with Gasteiger partial charge < -0.3 is 10.6 Å². The van der Waals surface area contributed by atoms with Crippen LogP contribution in [0.3, 0.4) is 0 Å². The molecule has 0 atom stereocenters. The fraction of sp³-hybridized carbons (Fsp3) is 0.900. The van der Waals surface area contributed by atoms with Gasteiger partial charge in [-0.25, -0.2) is 0 Å². The summed E-state index contributed by atoms with van der Waals surface area (Å²) in [7, 11) is 0. The Hall–Kier alpha value is -0.820. The lowest BCUT2D eigenvalue weighted by Gasteiger charge is -2.40. The molecule has 7 heteroatoms. The molecule has 0 unspecified atom stereocenters. The highest BCUT2D eigenvalue weighted by Crippen LogP contribution is 2.24. The summed E-state index contributed by atoms with van der Waals surface area (Å²) < 4.78 is 36.5. The number of piperidine rings is 1. The van der Waals surface area contributed by atoms with Gasteiger partial charge in [-0.3, -0.25) is 10.1 Å². The molecule has 1 amide bonds. The summed E-state index contributed by atoms with van der Waals surface area (Å²) in [6, 6.07) is 0. The molecular weight excluding hydrogens is 235 g/mol. The van der Waals surface area contributed by atoms with E-state index >= 15 is 0 Å². The van der Waals surface area contributed by atoms with E-state index in [-0.39, 0.29) is 0 Å². The molecule has 0 aromatic rings. The van der Waals surface area contributed by atoms with Crippen LogP contribution in [0, 0.1) is 0 Å². The van der Waals surface area contributed by atoms with Crippen LogP contribution in [-0.2, 0) is 4.79 Å². The molecule has 0 aliphatic carbocycles. The Balaban J connectivity index is 2.62. The first-order valence-electron chi connectivity index (χ1n) is 5.63. The van der Waals surface area contributed by atoms with E-state index in [1.807, 2.05) is 6.92 Å². The number of nitrogens with zero attached hydrogens (tertiary/aromatic N) is 1. The van der Waals surface area contributed by atoms with Crippen molar-refractivity contribution in [1.82, 2.24) is 10.2 Å². The summed E-state index contributed by atoms with van der Waals surface area (Å²) in [6.45, 7) is 2.80. The van der Waals surface area contributed by atoms with Crippen LogP contribution in [0.2, 0.25) is 0 Å². The molecule has 1 aliphatic heterocycles. The predicted octanol–water partition coefficient (Wildman–Crippen LogP) is 0.478. The number of likely N-dealkylation sites (tertiary alicyclic amines) is 1. The lowest BCUT2D eigenvalue weighted by atomic mass is 9.86. The van der Waals surface area contributed by atoms with Crippen LogP contribution >= 0.6 is 0 Å². The van der Waals surface area contributed by atoms with Crippen LogP contribution in [-0.4, -0.2) is 48.7 Å². The van der Waals surface area contributed by atoms with Crippen molar-refractivity contribution in [2.75, 3.05) is 26.2 Å². The number of hydrogen-bond donors (Lipinski definition) is 2. The lowest BCUT2D eigenvalue weighted by molar-refractivity contribution is -0.138. The van der Waals surface area contributed by atoms with Crippen molar-refractivity contribution in [3.8, 4) is 0 Å². The Labute approximate surface area is 98.3 Å². The molecule has 0 saturated carbocycles. The minimum Gasteiger partial charge on any atom is -0.368 e. The number of nitrogens with one attached hydrogen (secondary N) is 1. The van der Waals surface area contributed by atoms with Crippen molar-refractivity contribution < 1.29 is 18.0 Å². The molecule has 0 bridgehead atoms. The molecule has 100 valence electrons. The molecule has 0 spiro atoms. The Bertz CT molecular complexity index is 272. The first-order chi connectivity index (χ1) is 7.79. The van der Waals surface area contributed by atoms with Crippen molar-refractivity contribution in [3.63, 3.8) is 0 Å². The standard InChI is InChI=1S/C10H18F3N3O/c1-2-16-5-3-9(4-6-16,8(14)17)15-7-10(11,12)13/h15H,2-7H2,1H3,(H2,14,17). The van der Waals surface area contributed by atoms with Gasteiger partial charge in [0.05, 0.1) is 6.54 Å². The Morgan fingerprint density at radius 3 is 2.29 bits per heavy atom. The highest BCUT2D eigenvalue weighted by Gasteiger charge is 2.42. The van der Waals surface area contributed by atoms with E-state index in [0.29, 0.717) is 25.9 Å².